The van der Waals surface area contributed by atoms with Gasteiger partial charge in [-0.2, -0.15) is 0 Å². The van der Waals surface area contributed by atoms with Gasteiger partial charge >= 0.3 is 0 Å². The summed E-state index contributed by atoms with van der Waals surface area (Å²) in [7, 11) is 1.75. The van der Waals surface area contributed by atoms with Crippen LogP contribution in [0.2, 0.25) is 0 Å². The molecular formula is C20H23NO2. The third-order valence-electron chi connectivity index (χ3n) is 3.95. The van der Waals surface area contributed by atoms with Crippen LogP contribution in [0.15, 0.2) is 73.3 Å². The molecule has 2 rings (SSSR count). The van der Waals surface area contributed by atoms with Crippen LogP contribution in [0.5, 0.6) is 0 Å². The Morgan fingerprint density at radius 2 is 1.61 bits per heavy atom. The van der Waals surface area contributed by atoms with E-state index in [-0.39, 0.29) is 5.91 Å². The van der Waals surface area contributed by atoms with Gasteiger partial charge in [-0.25, -0.2) is 0 Å². The van der Waals surface area contributed by atoms with Crippen molar-refractivity contribution in [2.45, 2.75) is 25.0 Å². The second kappa shape index (κ2) is 8.30. The van der Waals surface area contributed by atoms with E-state index in [9.17, 15) is 9.90 Å². The van der Waals surface area contributed by atoms with E-state index in [1.165, 1.54) is 0 Å². The number of allylic oxidation sites excluding steroid dienone is 1. The van der Waals surface area contributed by atoms with E-state index in [4.69, 9.17) is 0 Å². The first-order valence-corrected chi connectivity index (χ1v) is 7.79. The van der Waals surface area contributed by atoms with E-state index < -0.39 is 12.1 Å². The van der Waals surface area contributed by atoms with Gasteiger partial charge in [-0.15, -0.1) is 6.58 Å². The smallest absolute Gasteiger partial charge is 0.223 e. The van der Waals surface area contributed by atoms with Crippen LogP contribution in [0.1, 0.15) is 36.1 Å². The highest BCUT2D eigenvalue weighted by Gasteiger charge is 2.29. The van der Waals surface area contributed by atoms with E-state index in [1.54, 1.807) is 18.0 Å². The van der Waals surface area contributed by atoms with Gasteiger partial charge in [-0.3, -0.25) is 4.79 Å². The quantitative estimate of drug-likeness (QED) is 0.788. The Morgan fingerprint density at radius 1 is 1.09 bits per heavy atom. The summed E-state index contributed by atoms with van der Waals surface area (Å²) in [5, 5.41) is 10.9. The Balaban J connectivity index is 2.32. The van der Waals surface area contributed by atoms with Gasteiger partial charge in [-0.1, -0.05) is 66.7 Å². The molecule has 0 aliphatic carbocycles. The molecule has 0 bridgehead atoms. The number of nitrogens with zero attached hydrogens (tertiary/aromatic N) is 1. The molecule has 0 spiro atoms. The van der Waals surface area contributed by atoms with Crippen LogP contribution < -0.4 is 0 Å². The molecule has 2 atom stereocenters. The maximum Gasteiger partial charge on any atom is 0.223 e. The van der Waals surface area contributed by atoms with E-state index in [0.717, 1.165) is 11.1 Å². The number of likely N-dealkylation sites (N-methyl/N-ethyl adjacent to an activating group) is 1. The monoisotopic (exact) mass is 309 g/mol. The molecule has 2 unspecified atom stereocenters. The van der Waals surface area contributed by atoms with Crippen LogP contribution in [-0.2, 0) is 4.79 Å². The van der Waals surface area contributed by atoms with E-state index in [2.05, 4.69) is 6.58 Å². The van der Waals surface area contributed by atoms with Gasteiger partial charge in [0.25, 0.3) is 0 Å². The predicted octanol–water partition coefficient (Wildman–Crippen LogP) is 3.89. The van der Waals surface area contributed by atoms with E-state index >= 15 is 0 Å². The summed E-state index contributed by atoms with van der Waals surface area (Å²) in [5.41, 5.74) is 1.71. The summed E-state index contributed by atoms with van der Waals surface area (Å²) in [6.07, 6.45) is 1.98. The van der Waals surface area contributed by atoms with Gasteiger partial charge in [0.15, 0.2) is 0 Å². The molecule has 0 heterocycles. The minimum absolute atomic E-state index is 0.00580. The zero-order chi connectivity index (χ0) is 16.7. The number of aliphatic hydroxyl groups is 1. The highest BCUT2D eigenvalue weighted by atomic mass is 16.3. The maximum absolute atomic E-state index is 12.4. The third-order valence-corrected chi connectivity index (χ3v) is 3.95. The third kappa shape index (κ3) is 4.30. The molecule has 120 valence electrons. The number of aliphatic hydroxyl groups excluding tert-OH is 1. The van der Waals surface area contributed by atoms with Crippen molar-refractivity contribution < 1.29 is 9.90 Å². The Hall–Kier alpha value is -2.39. The van der Waals surface area contributed by atoms with Crippen molar-refractivity contribution in [3.8, 4) is 0 Å². The number of benzene rings is 2. The molecule has 0 aliphatic rings. The van der Waals surface area contributed by atoms with Crippen molar-refractivity contribution in [2.75, 3.05) is 7.05 Å². The van der Waals surface area contributed by atoms with E-state index in [1.807, 2.05) is 60.7 Å². The summed E-state index contributed by atoms with van der Waals surface area (Å²) < 4.78 is 0. The Kier molecular flexibility index (Phi) is 6.12. The molecule has 2 aromatic rings. The normalized spacial score (nSPS) is 13.1. The maximum atomic E-state index is 12.4. The molecule has 0 aliphatic heterocycles. The Bertz CT molecular complexity index is 625. The fourth-order valence-electron chi connectivity index (χ4n) is 2.66. The Labute approximate surface area is 137 Å². The standard InChI is InChI=1S/C20H23NO2/c1-3-4-15-18(22)21(2)19(16-11-7-5-8-12-16)20(23)17-13-9-6-10-14-17/h3,5-14,19-20,23H,1,4,15H2,2H3. The van der Waals surface area contributed by atoms with Crippen LogP contribution >= 0.6 is 0 Å². The second-order valence-electron chi connectivity index (χ2n) is 5.54. The van der Waals surface area contributed by atoms with E-state index in [0.29, 0.717) is 12.8 Å². The lowest BCUT2D eigenvalue weighted by molar-refractivity contribution is -0.134. The molecule has 3 nitrogen and oxygen atoms in total. The summed E-state index contributed by atoms with van der Waals surface area (Å²) in [6, 6.07) is 18.7. The van der Waals surface area contributed by atoms with Gasteiger partial charge in [-0.05, 0) is 17.5 Å². The van der Waals surface area contributed by atoms with Crippen LogP contribution in [0.4, 0.5) is 0 Å². The van der Waals surface area contributed by atoms with Crippen molar-refractivity contribution >= 4 is 5.91 Å². The molecule has 0 aromatic heterocycles. The van der Waals surface area contributed by atoms with Crippen molar-refractivity contribution in [2.24, 2.45) is 0 Å². The lowest BCUT2D eigenvalue weighted by atomic mass is 9.94. The Morgan fingerprint density at radius 3 is 2.13 bits per heavy atom. The molecule has 23 heavy (non-hydrogen) atoms. The van der Waals surface area contributed by atoms with Gasteiger partial charge in [0.2, 0.25) is 5.91 Å². The zero-order valence-electron chi connectivity index (χ0n) is 13.4. The summed E-state index contributed by atoms with van der Waals surface area (Å²) in [4.78, 5) is 14.1. The molecule has 0 radical (unpaired) electrons. The molecule has 1 amide bonds. The lowest BCUT2D eigenvalue weighted by Crippen LogP contribution is -2.34. The summed E-state index contributed by atoms with van der Waals surface area (Å²) in [5.74, 6) is -0.00580. The van der Waals surface area contributed by atoms with Crippen LogP contribution in [0.3, 0.4) is 0 Å². The molecule has 1 N–H and O–H groups in total. The van der Waals surface area contributed by atoms with Crippen molar-refractivity contribution in [3.05, 3.63) is 84.4 Å². The van der Waals surface area contributed by atoms with Gasteiger partial charge in [0, 0.05) is 13.5 Å². The topological polar surface area (TPSA) is 40.5 Å². The zero-order valence-corrected chi connectivity index (χ0v) is 13.4. The first kappa shape index (κ1) is 17.0. The van der Waals surface area contributed by atoms with Gasteiger partial charge < -0.3 is 10.0 Å². The first-order valence-electron chi connectivity index (χ1n) is 7.79. The van der Waals surface area contributed by atoms with Crippen LogP contribution in [0, 0.1) is 0 Å². The average molecular weight is 309 g/mol. The van der Waals surface area contributed by atoms with Crippen molar-refractivity contribution in [1.29, 1.82) is 0 Å². The molecule has 0 fully saturated rings. The highest BCUT2D eigenvalue weighted by molar-refractivity contribution is 5.76. The molecular weight excluding hydrogens is 286 g/mol. The number of hydrogen-bond acceptors (Lipinski definition) is 2. The minimum atomic E-state index is -0.781. The van der Waals surface area contributed by atoms with Crippen LogP contribution in [-0.4, -0.2) is 23.0 Å². The SMILES string of the molecule is C=CCCC(=O)N(C)C(c1ccccc1)C(O)c1ccccc1. The summed E-state index contributed by atoms with van der Waals surface area (Å²) in [6.45, 7) is 3.66. The van der Waals surface area contributed by atoms with Crippen LogP contribution in [0.25, 0.3) is 0 Å². The largest absolute Gasteiger partial charge is 0.386 e. The number of amides is 1. The van der Waals surface area contributed by atoms with Crippen molar-refractivity contribution in [3.63, 3.8) is 0 Å². The first-order chi connectivity index (χ1) is 11.1. The average Bonchev–Trinajstić information content (AvgIpc) is 2.61. The number of hydrogen-bond donors (Lipinski definition) is 1. The number of rotatable bonds is 7. The number of carbonyl (C=O) groups is 1. The number of carbonyl (C=O) groups excluding carboxylic acids is 1. The van der Waals surface area contributed by atoms with Gasteiger partial charge in [0.05, 0.1) is 6.04 Å². The molecule has 0 saturated carbocycles. The second-order valence-corrected chi connectivity index (χ2v) is 5.54. The predicted molar refractivity (Wildman–Crippen MR) is 92.8 cm³/mol. The van der Waals surface area contributed by atoms with Crippen molar-refractivity contribution in [1.82, 2.24) is 4.90 Å². The van der Waals surface area contributed by atoms with Gasteiger partial charge in [0.1, 0.15) is 6.10 Å². The lowest BCUT2D eigenvalue weighted by Gasteiger charge is -2.33. The minimum Gasteiger partial charge on any atom is -0.386 e. The fourth-order valence-corrected chi connectivity index (χ4v) is 2.66. The highest BCUT2D eigenvalue weighted by Crippen LogP contribution is 2.33. The molecule has 0 saturated heterocycles. The summed E-state index contributed by atoms with van der Waals surface area (Å²) >= 11 is 0. The fraction of sp³-hybridized carbons (Fsp3) is 0.250. The molecule has 2 aromatic carbocycles. The molecule has 3 heteroatoms.